The fourth-order valence-electron chi connectivity index (χ4n) is 11.4. The first kappa shape index (κ1) is 81.9. The van der Waals surface area contributed by atoms with E-state index in [4.69, 9.17) is 47.4 Å². The standard InChI is InChI=1S/C65H116N4O24/c1-42-54(76)58(80)52(68-44(3)70)62(90-42)92-48-40-88-64(60(82)56(48)78)86-36-23-15-7-11-19-28-46(72)26-17-9-5-13-21-32-66-50(74)30-38-84-34-25-35-85-39-31-51(75)67-33-22-14-6-10-18-27-47(73)29-20-12-8-16-24-37-87-65-61(83)57(79)49(41-89-65)93-63-53(69-45(4)71)59(81)55(77)43(2)91-63/h42-43,48-49,52-65,76-83H,5-41H2,1-4H3,(H,66,74)(H,67,75)(H,68,70)(H,69,71). The minimum Gasteiger partial charge on any atom is -0.388 e. The van der Waals surface area contributed by atoms with E-state index in [-0.39, 0.29) is 49.4 Å². The number of unbranched alkanes of at least 4 members (excludes halogenated alkanes) is 16. The SMILES string of the molecule is CC(=O)NC1C(OC2COC(OCCCCCCCC(=O)CCCCCCCNC(=O)CCOCCCOCCC(=O)NCCCCCCCC(=O)CCCCCCCOC3OCC(OC4OC(C)C(O)C(O)C4NC(C)=O)C(O)C3O)C(O)C2O)OC(C)C(O)C1O. The van der Waals surface area contributed by atoms with Crippen LogP contribution in [0.25, 0.3) is 0 Å². The van der Waals surface area contributed by atoms with Crippen LogP contribution in [-0.2, 0) is 76.1 Å². The van der Waals surface area contributed by atoms with Crippen molar-refractivity contribution in [1.82, 2.24) is 21.3 Å². The molecule has 0 bridgehead atoms. The number of Topliss-reactive ketones (excluding diaryl/α,β-unsaturated/α-hetero) is 2. The molecule has 18 unspecified atom stereocenters. The van der Waals surface area contributed by atoms with Crippen LogP contribution in [-0.4, -0.2) is 252 Å². The number of rotatable bonds is 50. The van der Waals surface area contributed by atoms with Gasteiger partial charge in [0.1, 0.15) is 84.7 Å². The molecule has 0 spiro atoms. The molecule has 0 aliphatic carbocycles. The summed E-state index contributed by atoms with van der Waals surface area (Å²) in [7, 11) is 0. The van der Waals surface area contributed by atoms with Crippen molar-refractivity contribution in [2.75, 3.05) is 65.9 Å². The van der Waals surface area contributed by atoms with E-state index in [0.29, 0.717) is 97.7 Å². The van der Waals surface area contributed by atoms with Gasteiger partial charge in [-0.1, -0.05) is 77.0 Å². The van der Waals surface area contributed by atoms with Crippen molar-refractivity contribution >= 4 is 35.2 Å². The molecule has 28 heteroatoms. The summed E-state index contributed by atoms with van der Waals surface area (Å²) in [6.45, 7) is 8.67. The molecule has 4 saturated heterocycles. The predicted octanol–water partition coefficient (Wildman–Crippen LogP) is 1.83. The zero-order valence-electron chi connectivity index (χ0n) is 55.7. The fraction of sp³-hybridized carbons (Fsp3) is 0.908. The summed E-state index contributed by atoms with van der Waals surface area (Å²) in [5, 5.41) is 95.1. The predicted molar refractivity (Wildman–Crippen MR) is 335 cm³/mol. The van der Waals surface area contributed by atoms with Gasteiger partial charge in [0, 0.05) is 91.9 Å². The first-order valence-electron chi connectivity index (χ1n) is 34.5. The van der Waals surface area contributed by atoms with Crippen molar-refractivity contribution in [2.24, 2.45) is 0 Å². The van der Waals surface area contributed by atoms with E-state index in [1.165, 1.54) is 27.7 Å². The first-order chi connectivity index (χ1) is 44.7. The maximum Gasteiger partial charge on any atom is 0.222 e. The topological polar surface area (TPSA) is 405 Å². The van der Waals surface area contributed by atoms with Gasteiger partial charge in [-0.2, -0.15) is 0 Å². The van der Waals surface area contributed by atoms with Gasteiger partial charge < -0.3 is 109 Å². The summed E-state index contributed by atoms with van der Waals surface area (Å²) in [4.78, 5) is 72.6. The number of aliphatic hydroxyl groups is 8. The molecule has 12 N–H and O–H groups in total. The van der Waals surface area contributed by atoms with Crippen LogP contribution in [0.4, 0.5) is 0 Å². The molecule has 0 saturated carbocycles. The van der Waals surface area contributed by atoms with Gasteiger partial charge in [-0.3, -0.25) is 28.8 Å². The lowest BCUT2D eigenvalue weighted by Gasteiger charge is -2.44. The van der Waals surface area contributed by atoms with Gasteiger partial charge in [-0.05, 0) is 71.6 Å². The lowest BCUT2D eigenvalue weighted by atomic mass is 9.97. The van der Waals surface area contributed by atoms with Gasteiger partial charge in [0.25, 0.3) is 0 Å². The number of nitrogens with one attached hydrogen (secondary N) is 4. The second-order valence-corrected chi connectivity index (χ2v) is 25.2. The Morgan fingerprint density at radius 2 is 0.699 bits per heavy atom. The molecule has 0 aromatic heterocycles. The average Bonchev–Trinajstić information content (AvgIpc) is 0.824. The number of carbonyl (C=O) groups excluding carboxylic acids is 6. The van der Waals surface area contributed by atoms with E-state index in [9.17, 15) is 69.6 Å². The Morgan fingerprint density at radius 3 is 1.05 bits per heavy atom. The summed E-state index contributed by atoms with van der Waals surface area (Å²) in [6.07, 6.45) is 2.14. The van der Waals surface area contributed by atoms with Crippen LogP contribution in [0.3, 0.4) is 0 Å². The number of carbonyl (C=O) groups is 6. The van der Waals surface area contributed by atoms with Crippen molar-refractivity contribution in [1.29, 1.82) is 0 Å². The van der Waals surface area contributed by atoms with E-state index < -0.39 is 122 Å². The summed E-state index contributed by atoms with van der Waals surface area (Å²) in [5.41, 5.74) is 0. The van der Waals surface area contributed by atoms with Crippen molar-refractivity contribution in [3.63, 3.8) is 0 Å². The third kappa shape index (κ3) is 32.6. The van der Waals surface area contributed by atoms with Crippen LogP contribution < -0.4 is 21.3 Å². The minimum atomic E-state index is -1.42. The molecule has 4 fully saturated rings. The minimum absolute atomic E-state index is 0.0512. The molecule has 540 valence electrons. The largest absolute Gasteiger partial charge is 0.388 e. The Balaban J connectivity index is 0.818. The van der Waals surface area contributed by atoms with E-state index >= 15 is 0 Å². The highest BCUT2D eigenvalue weighted by Crippen LogP contribution is 2.29. The summed E-state index contributed by atoms with van der Waals surface area (Å²) < 4.78 is 56.7. The molecule has 0 aromatic carbocycles. The number of hydrogen-bond donors (Lipinski definition) is 12. The third-order valence-electron chi connectivity index (χ3n) is 17.1. The summed E-state index contributed by atoms with van der Waals surface area (Å²) in [6, 6.07) is -2.21. The van der Waals surface area contributed by atoms with Crippen LogP contribution in [0.2, 0.25) is 0 Å². The molecular weight excluding hydrogens is 1220 g/mol. The quantitative estimate of drug-likeness (QED) is 0.0387. The lowest BCUT2D eigenvalue weighted by Crippen LogP contribution is -2.65. The molecule has 4 aliphatic rings. The molecule has 4 amide bonds. The van der Waals surface area contributed by atoms with Crippen LogP contribution in [0, 0.1) is 0 Å². The van der Waals surface area contributed by atoms with Gasteiger partial charge >= 0.3 is 0 Å². The van der Waals surface area contributed by atoms with E-state index in [0.717, 1.165) is 116 Å². The average molecular weight is 1340 g/mol. The molecule has 93 heavy (non-hydrogen) atoms. The molecule has 4 heterocycles. The Labute approximate surface area is 549 Å². The normalized spacial score (nSPS) is 29.8. The first-order valence-corrected chi connectivity index (χ1v) is 34.5. The molecule has 4 rings (SSSR count). The van der Waals surface area contributed by atoms with Crippen molar-refractivity contribution in [3.05, 3.63) is 0 Å². The number of aliphatic hydroxyl groups excluding tert-OH is 8. The zero-order valence-corrected chi connectivity index (χ0v) is 55.7. The number of amides is 4. The maximum atomic E-state index is 12.4. The van der Waals surface area contributed by atoms with Gasteiger partial charge in [-0.15, -0.1) is 0 Å². The Morgan fingerprint density at radius 1 is 0.366 bits per heavy atom. The van der Waals surface area contributed by atoms with E-state index in [1.807, 2.05) is 0 Å². The van der Waals surface area contributed by atoms with E-state index in [1.54, 1.807) is 0 Å². The molecule has 0 aromatic rings. The Bertz CT molecular complexity index is 1950. The second-order valence-electron chi connectivity index (χ2n) is 25.2. The number of ketones is 2. The Hall–Kier alpha value is -3.50. The van der Waals surface area contributed by atoms with Crippen LogP contribution in [0.15, 0.2) is 0 Å². The van der Waals surface area contributed by atoms with Gasteiger partial charge in [0.05, 0.1) is 38.6 Å². The molecule has 0 radical (unpaired) electrons. The Kier molecular flexibility index (Phi) is 41.8. The van der Waals surface area contributed by atoms with Crippen molar-refractivity contribution in [3.8, 4) is 0 Å². The molecule has 18 atom stereocenters. The van der Waals surface area contributed by atoms with E-state index in [2.05, 4.69) is 21.3 Å². The second kappa shape index (κ2) is 47.4. The third-order valence-corrected chi connectivity index (χ3v) is 17.1. The van der Waals surface area contributed by atoms with Crippen molar-refractivity contribution < 1.29 is 117 Å². The monoisotopic (exact) mass is 1340 g/mol. The van der Waals surface area contributed by atoms with Gasteiger partial charge in [0.15, 0.2) is 25.2 Å². The van der Waals surface area contributed by atoms with Crippen molar-refractivity contribution in [2.45, 2.75) is 312 Å². The highest BCUT2D eigenvalue weighted by molar-refractivity contribution is 5.79. The van der Waals surface area contributed by atoms with Crippen LogP contribution in [0.5, 0.6) is 0 Å². The molecular formula is C65H116N4O24. The van der Waals surface area contributed by atoms with Gasteiger partial charge in [-0.25, -0.2) is 0 Å². The van der Waals surface area contributed by atoms with Crippen LogP contribution in [0.1, 0.15) is 201 Å². The smallest absolute Gasteiger partial charge is 0.222 e. The maximum absolute atomic E-state index is 12.4. The zero-order chi connectivity index (χ0) is 67.9. The highest BCUT2D eigenvalue weighted by atomic mass is 16.7. The fourth-order valence-corrected chi connectivity index (χ4v) is 11.4. The van der Waals surface area contributed by atoms with Crippen LogP contribution >= 0.6 is 0 Å². The van der Waals surface area contributed by atoms with Gasteiger partial charge in [0.2, 0.25) is 23.6 Å². The lowest BCUT2D eigenvalue weighted by molar-refractivity contribution is -0.323. The summed E-state index contributed by atoms with van der Waals surface area (Å²) >= 11 is 0. The molecule has 28 nitrogen and oxygen atoms in total. The molecule has 4 aliphatic heterocycles. The number of hydrogen-bond acceptors (Lipinski definition) is 24. The highest BCUT2D eigenvalue weighted by Gasteiger charge is 2.50. The number of ether oxygens (including phenoxy) is 10. The summed E-state index contributed by atoms with van der Waals surface area (Å²) in [5.74, 6) is -0.501.